The molecule has 144 valence electrons. The summed E-state index contributed by atoms with van der Waals surface area (Å²) in [6, 6.07) is 4.00. The highest BCUT2D eigenvalue weighted by Gasteiger charge is 2.40. The lowest BCUT2D eigenvalue weighted by Gasteiger charge is -2.46. The van der Waals surface area contributed by atoms with Gasteiger partial charge in [0.15, 0.2) is 0 Å². The Labute approximate surface area is 151 Å². The Kier molecular flexibility index (Phi) is 5.75. The second-order valence-corrected chi connectivity index (χ2v) is 7.05. The van der Waals surface area contributed by atoms with E-state index in [2.05, 4.69) is 10.2 Å². The first-order chi connectivity index (χ1) is 12.4. The maximum atomic E-state index is 13.1. The summed E-state index contributed by atoms with van der Waals surface area (Å²) in [4.78, 5) is 14.8. The first kappa shape index (κ1) is 19.0. The van der Waals surface area contributed by atoms with E-state index in [-0.39, 0.29) is 17.9 Å². The monoisotopic (exact) mass is 370 g/mol. The lowest BCUT2D eigenvalue weighted by atomic mass is 9.80. The third-order valence-electron chi connectivity index (χ3n) is 5.33. The van der Waals surface area contributed by atoms with Crippen molar-refractivity contribution in [2.45, 2.75) is 44.3 Å². The molecule has 0 spiro atoms. The standard InChI is InChI=1S/C19H25F3N2O2/c1-26-10-4-8-23-18(25)15-12-13-11-14(19(20,21)22)6-7-16(13)24-9-3-2-5-17(15)24/h6-7,11,15,17H,2-5,8-10,12H2,1H3,(H,23,25)/t15-,17+/m0/s1. The summed E-state index contributed by atoms with van der Waals surface area (Å²) < 4.78 is 44.2. The van der Waals surface area contributed by atoms with Crippen molar-refractivity contribution in [3.8, 4) is 0 Å². The zero-order valence-electron chi connectivity index (χ0n) is 14.9. The number of rotatable bonds is 5. The number of alkyl halides is 3. The molecular formula is C19H25F3N2O2. The van der Waals surface area contributed by atoms with Crippen LogP contribution in [0.15, 0.2) is 18.2 Å². The van der Waals surface area contributed by atoms with Gasteiger partial charge in [0.05, 0.1) is 11.5 Å². The van der Waals surface area contributed by atoms with Gasteiger partial charge in [-0.2, -0.15) is 13.2 Å². The van der Waals surface area contributed by atoms with Crippen LogP contribution in [-0.2, 0) is 22.1 Å². The number of hydrogen-bond donors (Lipinski definition) is 1. The van der Waals surface area contributed by atoms with Crippen molar-refractivity contribution < 1.29 is 22.7 Å². The fourth-order valence-corrected chi connectivity index (χ4v) is 4.08. The van der Waals surface area contributed by atoms with Crippen molar-refractivity contribution in [1.29, 1.82) is 0 Å². The third kappa shape index (κ3) is 3.98. The summed E-state index contributed by atoms with van der Waals surface area (Å²) >= 11 is 0. The molecule has 7 heteroatoms. The van der Waals surface area contributed by atoms with Gasteiger partial charge in [0, 0.05) is 38.5 Å². The molecule has 1 aromatic rings. The number of carbonyl (C=O) groups excluding carboxylic acids is 1. The van der Waals surface area contributed by atoms with E-state index in [4.69, 9.17) is 4.74 Å². The van der Waals surface area contributed by atoms with E-state index in [1.165, 1.54) is 6.07 Å². The molecule has 2 aliphatic rings. The van der Waals surface area contributed by atoms with Crippen LogP contribution in [0.2, 0.25) is 0 Å². The number of piperidine rings is 1. The number of amides is 1. The molecule has 0 aliphatic carbocycles. The number of fused-ring (bicyclic) bond motifs is 3. The van der Waals surface area contributed by atoms with Crippen molar-refractivity contribution in [2.24, 2.45) is 5.92 Å². The quantitative estimate of drug-likeness (QED) is 0.808. The van der Waals surface area contributed by atoms with E-state index in [0.29, 0.717) is 25.1 Å². The molecule has 2 aliphatic heterocycles. The fraction of sp³-hybridized carbons (Fsp3) is 0.632. The number of anilines is 1. The molecule has 3 rings (SSSR count). The number of nitrogens with zero attached hydrogens (tertiary/aromatic N) is 1. The summed E-state index contributed by atoms with van der Waals surface area (Å²) in [6.45, 7) is 1.88. The smallest absolute Gasteiger partial charge is 0.385 e. The summed E-state index contributed by atoms with van der Waals surface area (Å²) in [7, 11) is 1.61. The van der Waals surface area contributed by atoms with Gasteiger partial charge < -0.3 is 15.0 Å². The zero-order valence-corrected chi connectivity index (χ0v) is 14.9. The van der Waals surface area contributed by atoms with Gasteiger partial charge in [-0.3, -0.25) is 4.79 Å². The number of methoxy groups -OCH3 is 1. The molecule has 0 saturated carbocycles. The molecule has 2 heterocycles. The minimum Gasteiger partial charge on any atom is -0.385 e. The fourth-order valence-electron chi connectivity index (χ4n) is 4.08. The Bertz CT molecular complexity index is 648. The first-order valence-electron chi connectivity index (χ1n) is 9.15. The molecule has 0 radical (unpaired) electrons. The summed E-state index contributed by atoms with van der Waals surface area (Å²) in [5.41, 5.74) is 0.826. The van der Waals surface area contributed by atoms with Gasteiger partial charge in [-0.05, 0) is 55.9 Å². The second-order valence-electron chi connectivity index (χ2n) is 7.05. The van der Waals surface area contributed by atoms with E-state index in [1.54, 1.807) is 13.2 Å². The van der Waals surface area contributed by atoms with Crippen LogP contribution in [0.3, 0.4) is 0 Å². The van der Waals surface area contributed by atoms with Gasteiger partial charge in [0.1, 0.15) is 0 Å². The molecule has 1 N–H and O–H groups in total. The molecule has 26 heavy (non-hydrogen) atoms. The highest BCUT2D eigenvalue weighted by molar-refractivity contribution is 5.82. The molecule has 1 fully saturated rings. The number of ether oxygens (including phenoxy) is 1. The average molecular weight is 370 g/mol. The minimum atomic E-state index is -4.37. The summed E-state index contributed by atoms with van der Waals surface area (Å²) in [6.07, 6.45) is -0.347. The van der Waals surface area contributed by atoms with Gasteiger partial charge in [0.25, 0.3) is 0 Å². The third-order valence-corrected chi connectivity index (χ3v) is 5.33. The molecule has 1 saturated heterocycles. The van der Waals surface area contributed by atoms with Gasteiger partial charge >= 0.3 is 6.18 Å². The Morgan fingerprint density at radius 3 is 2.88 bits per heavy atom. The van der Waals surface area contributed by atoms with Crippen molar-refractivity contribution in [1.82, 2.24) is 5.32 Å². The Morgan fingerprint density at radius 2 is 2.15 bits per heavy atom. The average Bonchev–Trinajstić information content (AvgIpc) is 2.63. The number of carbonyl (C=O) groups is 1. The predicted molar refractivity (Wildman–Crippen MR) is 93.1 cm³/mol. The maximum Gasteiger partial charge on any atom is 0.416 e. The lowest BCUT2D eigenvalue weighted by Crippen LogP contribution is -2.53. The van der Waals surface area contributed by atoms with Gasteiger partial charge in [-0.15, -0.1) is 0 Å². The van der Waals surface area contributed by atoms with Crippen LogP contribution in [0.25, 0.3) is 0 Å². The summed E-state index contributed by atoms with van der Waals surface area (Å²) in [5.74, 6) is -0.380. The zero-order chi connectivity index (χ0) is 18.7. The molecule has 1 amide bonds. The number of halogens is 3. The first-order valence-corrected chi connectivity index (χ1v) is 9.15. The molecule has 0 bridgehead atoms. The van der Waals surface area contributed by atoms with E-state index in [1.807, 2.05) is 0 Å². The topological polar surface area (TPSA) is 41.6 Å². The van der Waals surface area contributed by atoms with Gasteiger partial charge in [-0.25, -0.2) is 0 Å². The van der Waals surface area contributed by atoms with E-state index < -0.39 is 11.7 Å². The lowest BCUT2D eigenvalue weighted by molar-refractivity contribution is -0.137. The number of benzene rings is 1. The van der Waals surface area contributed by atoms with Crippen LogP contribution < -0.4 is 10.2 Å². The van der Waals surface area contributed by atoms with Crippen LogP contribution in [0.5, 0.6) is 0 Å². The van der Waals surface area contributed by atoms with E-state index >= 15 is 0 Å². The van der Waals surface area contributed by atoms with E-state index in [9.17, 15) is 18.0 Å². The predicted octanol–water partition coefficient (Wildman–Crippen LogP) is 3.39. The van der Waals surface area contributed by atoms with E-state index in [0.717, 1.165) is 44.0 Å². The summed E-state index contributed by atoms with van der Waals surface area (Å²) in [5, 5.41) is 2.93. The van der Waals surface area contributed by atoms with Gasteiger partial charge in [0.2, 0.25) is 5.91 Å². The minimum absolute atomic E-state index is 0.0652. The van der Waals surface area contributed by atoms with Crippen LogP contribution in [0, 0.1) is 5.92 Å². The Balaban J connectivity index is 1.82. The van der Waals surface area contributed by atoms with Crippen molar-refractivity contribution >= 4 is 11.6 Å². The molecule has 4 nitrogen and oxygen atoms in total. The number of nitrogens with one attached hydrogen (secondary N) is 1. The molecular weight excluding hydrogens is 345 g/mol. The van der Waals surface area contributed by atoms with Crippen LogP contribution >= 0.6 is 0 Å². The second kappa shape index (κ2) is 7.86. The molecule has 1 aromatic carbocycles. The van der Waals surface area contributed by atoms with Crippen LogP contribution in [0.4, 0.5) is 18.9 Å². The highest BCUT2D eigenvalue weighted by Crippen LogP contribution is 2.41. The van der Waals surface area contributed by atoms with Gasteiger partial charge in [-0.1, -0.05) is 0 Å². The maximum absolute atomic E-state index is 13.1. The van der Waals surface area contributed by atoms with Crippen molar-refractivity contribution in [3.63, 3.8) is 0 Å². The normalized spacial score (nSPS) is 22.5. The largest absolute Gasteiger partial charge is 0.416 e. The SMILES string of the molecule is COCCCNC(=O)[C@H]1Cc2cc(C(F)(F)F)ccc2N2CCCC[C@H]12. The van der Waals surface area contributed by atoms with Crippen molar-refractivity contribution in [2.75, 3.05) is 31.7 Å². The number of hydrogen-bond acceptors (Lipinski definition) is 3. The van der Waals surface area contributed by atoms with Crippen LogP contribution in [0.1, 0.15) is 36.8 Å². The molecule has 2 atom stereocenters. The Morgan fingerprint density at radius 1 is 1.35 bits per heavy atom. The molecule has 0 aromatic heterocycles. The highest BCUT2D eigenvalue weighted by atomic mass is 19.4. The van der Waals surface area contributed by atoms with Crippen molar-refractivity contribution in [3.05, 3.63) is 29.3 Å². The van der Waals surface area contributed by atoms with Crippen LogP contribution in [-0.4, -0.2) is 38.8 Å². The molecule has 0 unspecified atom stereocenters. The Hall–Kier alpha value is -1.76.